The van der Waals surface area contributed by atoms with Crippen molar-refractivity contribution in [2.24, 2.45) is 0 Å². The van der Waals surface area contributed by atoms with Gasteiger partial charge in [0, 0.05) is 32.7 Å². The monoisotopic (exact) mass is 411 g/mol. The second-order valence-electron chi connectivity index (χ2n) is 5.93. The van der Waals surface area contributed by atoms with E-state index in [4.69, 9.17) is 0 Å². The number of anilines is 1. The zero-order chi connectivity index (χ0) is 18.7. The zero-order valence-electron chi connectivity index (χ0n) is 14.4. The Balaban J connectivity index is 1.74. The lowest BCUT2D eigenvalue weighted by Gasteiger charge is -2.12. The summed E-state index contributed by atoms with van der Waals surface area (Å²) < 4.78 is 2.64. The van der Waals surface area contributed by atoms with E-state index in [9.17, 15) is 9.59 Å². The largest absolute Gasteiger partial charge is 0.322 e. The van der Waals surface area contributed by atoms with Crippen LogP contribution in [0.5, 0.6) is 0 Å². The number of aromatic nitrogens is 1. The topological polar surface area (TPSA) is 63.1 Å². The van der Waals surface area contributed by atoms with Crippen LogP contribution in [0.3, 0.4) is 0 Å². The molecule has 6 heteroatoms. The average Bonchev–Trinajstić information content (AvgIpc) is 2.94. The van der Waals surface area contributed by atoms with Crippen molar-refractivity contribution < 1.29 is 9.59 Å². The van der Waals surface area contributed by atoms with Gasteiger partial charge in [0.15, 0.2) is 0 Å². The van der Waals surface area contributed by atoms with Crippen molar-refractivity contribution >= 4 is 33.4 Å². The summed E-state index contributed by atoms with van der Waals surface area (Å²) in [5.41, 5.74) is 6.30. The third-order valence-electron chi connectivity index (χ3n) is 3.97. The molecule has 0 radical (unpaired) electrons. The first-order chi connectivity index (χ1) is 12.4. The number of hydrogen-bond acceptors (Lipinski definition) is 2. The quantitative estimate of drug-likeness (QED) is 0.663. The third-order valence-corrected chi connectivity index (χ3v) is 4.50. The van der Waals surface area contributed by atoms with Crippen LogP contribution in [-0.2, 0) is 0 Å². The van der Waals surface area contributed by atoms with Gasteiger partial charge in [0.05, 0.1) is 0 Å². The van der Waals surface area contributed by atoms with Gasteiger partial charge in [-0.3, -0.25) is 19.7 Å². The summed E-state index contributed by atoms with van der Waals surface area (Å²) in [5, 5.41) is 2.81. The Kier molecular flexibility index (Phi) is 5.23. The molecule has 0 aliphatic rings. The van der Waals surface area contributed by atoms with Gasteiger partial charge in [0.1, 0.15) is 0 Å². The molecule has 132 valence electrons. The highest BCUT2D eigenvalue weighted by Gasteiger charge is 2.11. The van der Waals surface area contributed by atoms with Crippen molar-refractivity contribution in [3.05, 3.63) is 87.7 Å². The van der Waals surface area contributed by atoms with E-state index in [1.54, 1.807) is 53.2 Å². The number of hydrogen-bond donors (Lipinski definition) is 2. The molecule has 3 aromatic rings. The smallest absolute Gasteiger partial charge is 0.270 e. The standard InChI is InChI=1S/C20H18BrN3O2/c1-13-6-7-14(2)24(13)23-20(26)16-4-3-5-18(12-16)22-19(25)15-8-10-17(21)11-9-15/h3-12H,1-2H3,(H,22,25)(H,23,26). The predicted octanol–water partition coefficient (Wildman–Crippen LogP) is 4.50. The molecule has 0 aliphatic carbocycles. The lowest BCUT2D eigenvalue weighted by molar-refractivity contribution is 0.100. The van der Waals surface area contributed by atoms with Gasteiger partial charge < -0.3 is 5.32 Å². The highest BCUT2D eigenvalue weighted by atomic mass is 79.9. The summed E-state index contributed by atoms with van der Waals surface area (Å²) in [6, 6.07) is 17.8. The van der Waals surface area contributed by atoms with Gasteiger partial charge >= 0.3 is 0 Å². The fourth-order valence-electron chi connectivity index (χ4n) is 2.55. The number of aryl methyl sites for hydroxylation is 2. The second kappa shape index (κ2) is 7.58. The molecule has 3 rings (SSSR count). The van der Waals surface area contributed by atoms with Crippen molar-refractivity contribution in [3.63, 3.8) is 0 Å². The number of nitrogens with one attached hydrogen (secondary N) is 2. The predicted molar refractivity (Wildman–Crippen MR) is 106 cm³/mol. The number of carbonyl (C=O) groups is 2. The SMILES string of the molecule is Cc1ccc(C)n1NC(=O)c1cccc(NC(=O)c2ccc(Br)cc2)c1. The Morgan fingerprint density at radius 2 is 1.50 bits per heavy atom. The Hall–Kier alpha value is -2.86. The van der Waals surface area contributed by atoms with Crippen LogP contribution < -0.4 is 10.7 Å². The highest BCUT2D eigenvalue weighted by Crippen LogP contribution is 2.15. The maximum absolute atomic E-state index is 12.5. The van der Waals surface area contributed by atoms with Crippen molar-refractivity contribution in [1.82, 2.24) is 4.68 Å². The lowest BCUT2D eigenvalue weighted by Crippen LogP contribution is -2.24. The first-order valence-corrected chi connectivity index (χ1v) is 8.86. The minimum absolute atomic E-state index is 0.229. The Morgan fingerprint density at radius 1 is 0.846 bits per heavy atom. The molecule has 0 aliphatic heterocycles. The molecule has 2 amide bonds. The van der Waals surface area contributed by atoms with Crippen LogP contribution in [0.1, 0.15) is 32.1 Å². The van der Waals surface area contributed by atoms with E-state index in [1.165, 1.54) is 0 Å². The summed E-state index contributed by atoms with van der Waals surface area (Å²) in [4.78, 5) is 24.8. The molecule has 26 heavy (non-hydrogen) atoms. The fourth-order valence-corrected chi connectivity index (χ4v) is 2.82. The van der Waals surface area contributed by atoms with E-state index in [-0.39, 0.29) is 11.8 Å². The molecule has 2 N–H and O–H groups in total. The van der Waals surface area contributed by atoms with Crippen LogP contribution >= 0.6 is 15.9 Å². The lowest BCUT2D eigenvalue weighted by atomic mass is 10.1. The van der Waals surface area contributed by atoms with Crippen LogP contribution in [0.4, 0.5) is 5.69 Å². The first kappa shape index (κ1) is 17.9. The number of amides is 2. The van der Waals surface area contributed by atoms with Crippen LogP contribution in [0, 0.1) is 13.8 Å². The van der Waals surface area contributed by atoms with E-state index in [2.05, 4.69) is 26.7 Å². The minimum atomic E-state index is -0.243. The molecule has 0 atom stereocenters. The van der Waals surface area contributed by atoms with Gasteiger partial charge in [-0.05, 0) is 68.4 Å². The molecule has 1 heterocycles. The van der Waals surface area contributed by atoms with Crippen molar-refractivity contribution in [3.8, 4) is 0 Å². The maximum atomic E-state index is 12.5. The minimum Gasteiger partial charge on any atom is -0.322 e. The molecule has 0 fully saturated rings. The molecule has 2 aromatic carbocycles. The fraction of sp³-hybridized carbons (Fsp3) is 0.100. The number of rotatable bonds is 4. The van der Waals surface area contributed by atoms with E-state index in [0.29, 0.717) is 16.8 Å². The van der Waals surface area contributed by atoms with E-state index in [1.807, 2.05) is 26.0 Å². The van der Waals surface area contributed by atoms with Crippen LogP contribution in [0.15, 0.2) is 65.1 Å². The Bertz CT molecular complexity index is 942. The molecule has 0 saturated carbocycles. The van der Waals surface area contributed by atoms with E-state index >= 15 is 0 Å². The van der Waals surface area contributed by atoms with Gasteiger partial charge in [-0.2, -0.15) is 0 Å². The summed E-state index contributed by atoms with van der Waals surface area (Å²) in [6.45, 7) is 3.84. The normalized spacial score (nSPS) is 10.4. The Morgan fingerprint density at radius 3 is 2.15 bits per heavy atom. The highest BCUT2D eigenvalue weighted by molar-refractivity contribution is 9.10. The Labute approximate surface area is 160 Å². The number of carbonyl (C=O) groups excluding carboxylic acids is 2. The molecular weight excluding hydrogens is 394 g/mol. The summed E-state index contributed by atoms with van der Waals surface area (Å²) in [5.74, 6) is -0.473. The molecule has 5 nitrogen and oxygen atoms in total. The van der Waals surface area contributed by atoms with Crippen LogP contribution in [0.25, 0.3) is 0 Å². The summed E-state index contributed by atoms with van der Waals surface area (Å²) in [6.07, 6.45) is 0. The first-order valence-electron chi connectivity index (χ1n) is 8.07. The van der Waals surface area contributed by atoms with Crippen molar-refractivity contribution in [2.45, 2.75) is 13.8 Å². The van der Waals surface area contributed by atoms with Gasteiger partial charge in [0.2, 0.25) is 0 Å². The zero-order valence-corrected chi connectivity index (χ0v) is 16.0. The van der Waals surface area contributed by atoms with Crippen molar-refractivity contribution in [1.29, 1.82) is 0 Å². The van der Waals surface area contributed by atoms with Gasteiger partial charge in [-0.25, -0.2) is 0 Å². The molecule has 0 unspecified atom stereocenters. The van der Waals surface area contributed by atoms with Gasteiger partial charge in [-0.1, -0.05) is 22.0 Å². The van der Waals surface area contributed by atoms with E-state index in [0.717, 1.165) is 15.9 Å². The number of nitrogens with zero attached hydrogens (tertiary/aromatic N) is 1. The molecule has 1 aromatic heterocycles. The maximum Gasteiger partial charge on any atom is 0.270 e. The van der Waals surface area contributed by atoms with Gasteiger partial charge in [-0.15, -0.1) is 0 Å². The number of benzene rings is 2. The second-order valence-corrected chi connectivity index (χ2v) is 6.85. The van der Waals surface area contributed by atoms with Crippen molar-refractivity contribution in [2.75, 3.05) is 10.7 Å². The molecule has 0 saturated heterocycles. The van der Waals surface area contributed by atoms with Gasteiger partial charge in [0.25, 0.3) is 11.8 Å². The summed E-state index contributed by atoms with van der Waals surface area (Å²) >= 11 is 3.34. The third kappa shape index (κ3) is 4.03. The molecular formula is C20H18BrN3O2. The summed E-state index contributed by atoms with van der Waals surface area (Å²) in [7, 11) is 0. The molecule has 0 spiro atoms. The van der Waals surface area contributed by atoms with Crippen LogP contribution in [0.2, 0.25) is 0 Å². The van der Waals surface area contributed by atoms with E-state index < -0.39 is 0 Å². The average molecular weight is 412 g/mol. The van der Waals surface area contributed by atoms with Crippen LogP contribution in [-0.4, -0.2) is 16.5 Å². The number of halogens is 1. The molecule has 0 bridgehead atoms.